The zero-order valence-electron chi connectivity index (χ0n) is 12.8. The van der Waals surface area contributed by atoms with Gasteiger partial charge < -0.3 is 16.0 Å². The van der Waals surface area contributed by atoms with Crippen molar-refractivity contribution in [1.82, 2.24) is 19.6 Å². The Morgan fingerprint density at radius 2 is 2.29 bits per heavy atom. The Kier molecular flexibility index (Phi) is 3.31. The van der Waals surface area contributed by atoms with Gasteiger partial charge in [-0.05, 0) is 19.1 Å². The molecule has 0 radical (unpaired) electrons. The molecule has 0 saturated carbocycles. The number of rotatable bonds is 3. The van der Waals surface area contributed by atoms with Gasteiger partial charge in [0.15, 0.2) is 0 Å². The van der Waals surface area contributed by atoms with Crippen LogP contribution in [0.25, 0.3) is 15.3 Å². The van der Waals surface area contributed by atoms with Crippen LogP contribution in [0.3, 0.4) is 0 Å². The van der Waals surface area contributed by atoms with Gasteiger partial charge in [-0.25, -0.2) is 4.52 Å². The lowest BCUT2D eigenvalue weighted by molar-refractivity contribution is 0.102. The lowest BCUT2D eigenvalue weighted by atomic mass is 10.2. The number of carbonyl (C=O) groups excluding carboxylic acids is 1. The summed E-state index contributed by atoms with van der Waals surface area (Å²) >= 11 is 1.51. The van der Waals surface area contributed by atoms with Gasteiger partial charge in [-0.3, -0.25) is 9.78 Å². The molecule has 120 valence electrons. The zero-order valence-corrected chi connectivity index (χ0v) is 13.6. The number of amides is 1. The van der Waals surface area contributed by atoms with Crippen LogP contribution in [0.4, 0.5) is 11.4 Å². The summed E-state index contributed by atoms with van der Waals surface area (Å²) < 4.78 is 1.71. The molecule has 0 saturated heterocycles. The minimum atomic E-state index is -0.233. The number of anilines is 2. The highest BCUT2D eigenvalue weighted by molar-refractivity contribution is 7.21. The maximum Gasteiger partial charge on any atom is 0.260 e. The van der Waals surface area contributed by atoms with Crippen LogP contribution in [0.15, 0.2) is 43.1 Å². The summed E-state index contributed by atoms with van der Waals surface area (Å²) in [5, 5.41) is 7.12. The van der Waals surface area contributed by atoms with Gasteiger partial charge in [0, 0.05) is 24.2 Å². The van der Waals surface area contributed by atoms with Crippen LogP contribution in [0.1, 0.15) is 16.1 Å². The molecule has 4 aromatic rings. The number of thiazole rings is 1. The molecule has 0 aromatic carbocycles. The molecule has 0 aliphatic rings. The van der Waals surface area contributed by atoms with E-state index < -0.39 is 0 Å². The standard InChI is InChI=1S/C16H14N6OS/c1-9-13(4-11(17)6-19-9)21-15(23)12-7-20-22-8-14(24-16(12)22)10-2-3-18-5-10/h2-8,18H,17H2,1H3,(H,21,23). The van der Waals surface area contributed by atoms with Gasteiger partial charge in [0.25, 0.3) is 5.91 Å². The monoisotopic (exact) mass is 338 g/mol. The number of nitrogen functional groups attached to an aromatic ring is 1. The largest absolute Gasteiger partial charge is 0.397 e. The Labute approximate surface area is 141 Å². The Balaban J connectivity index is 1.68. The van der Waals surface area contributed by atoms with Crippen LogP contribution in [0.2, 0.25) is 0 Å². The third-order valence-electron chi connectivity index (χ3n) is 3.68. The Bertz CT molecular complexity index is 1030. The van der Waals surface area contributed by atoms with E-state index in [1.807, 2.05) is 31.6 Å². The summed E-state index contributed by atoms with van der Waals surface area (Å²) in [5.74, 6) is -0.233. The first-order chi connectivity index (χ1) is 11.6. The summed E-state index contributed by atoms with van der Waals surface area (Å²) in [5.41, 5.74) is 9.13. The summed E-state index contributed by atoms with van der Waals surface area (Å²) in [6.07, 6.45) is 8.81. The van der Waals surface area contributed by atoms with E-state index in [9.17, 15) is 4.79 Å². The van der Waals surface area contributed by atoms with Crippen molar-refractivity contribution in [2.75, 3.05) is 11.1 Å². The van der Waals surface area contributed by atoms with Crippen LogP contribution < -0.4 is 11.1 Å². The molecule has 4 N–H and O–H groups in total. The number of nitrogens with two attached hydrogens (primary N) is 1. The number of aromatic nitrogens is 4. The fourth-order valence-corrected chi connectivity index (χ4v) is 3.47. The van der Waals surface area contributed by atoms with Gasteiger partial charge in [-0.15, -0.1) is 11.3 Å². The molecular weight excluding hydrogens is 324 g/mol. The van der Waals surface area contributed by atoms with Gasteiger partial charge in [0.2, 0.25) is 0 Å². The van der Waals surface area contributed by atoms with E-state index in [0.29, 0.717) is 22.6 Å². The Morgan fingerprint density at radius 3 is 3.08 bits per heavy atom. The van der Waals surface area contributed by atoms with E-state index in [2.05, 4.69) is 20.4 Å². The predicted molar refractivity (Wildman–Crippen MR) is 94.2 cm³/mol. The van der Waals surface area contributed by atoms with Crippen LogP contribution in [-0.4, -0.2) is 25.5 Å². The number of nitrogens with one attached hydrogen (secondary N) is 2. The van der Waals surface area contributed by atoms with Crippen molar-refractivity contribution >= 4 is 33.4 Å². The number of hydrogen-bond acceptors (Lipinski definition) is 5. The highest BCUT2D eigenvalue weighted by atomic mass is 32.1. The molecule has 0 fully saturated rings. The van der Waals surface area contributed by atoms with Crippen LogP contribution in [0, 0.1) is 6.92 Å². The molecule has 24 heavy (non-hydrogen) atoms. The van der Waals surface area contributed by atoms with Crippen molar-refractivity contribution in [1.29, 1.82) is 0 Å². The molecule has 0 unspecified atom stereocenters. The second kappa shape index (κ2) is 5.50. The average molecular weight is 338 g/mol. The van der Waals surface area contributed by atoms with E-state index >= 15 is 0 Å². The zero-order chi connectivity index (χ0) is 16.7. The smallest absolute Gasteiger partial charge is 0.260 e. The van der Waals surface area contributed by atoms with Crippen molar-refractivity contribution in [2.24, 2.45) is 0 Å². The van der Waals surface area contributed by atoms with E-state index in [-0.39, 0.29) is 5.91 Å². The minimum Gasteiger partial charge on any atom is -0.397 e. The SMILES string of the molecule is Cc1ncc(N)cc1NC(=O)c1cnn2cc(-c3cc[nH]c3)sc12. The first-order valence-electron chi connectivity index (χ1n) is 7.25. The van der Waals surface area contributed by atoms with E-state index in [1.54, 1.807) is 23.0 Å². The molecule has 8 heteroatoms. The van der Waals surface area contributed by atoms with Gasteiger partial charge in [0.05, 0.1) is 39.9 Å². The maximum atomic E-state index is 12.6. The van der Waals surface area contributed by atoms with E-state index in [1.165, 1.54) is 11.3 Å². The van der Waals surface area contributed by atoms with E-state index in [4.69, 9.17) is 5.73 Å². The highest BCUT2D eigenvalue weighted by Crippen LogP contribution is 2.30. The van der Waals surface area contributed by atoms with Crippen molar-refractivity contribution < 1.29 is 4.79 Å². The third-order valence-corrected chi connectivity index (χ3v) is 4.84. The second-order valence-corrected chi connectivity index (χ2v) is 6.39. The fraction of sp³-hybridized carbons (Fsp3) is 0.0625. The summed E-state index contributed by atoms with van der Waals surface area (Å²) in [7, 11) is 0. The minimum absolute atomic E-state index is 0.233. The van der Waals surface area contributed by atoms with E-state index in [0.717, 1.165) is 15.3 Å². The normalized spacial score (nSPS) is 11.0. The van der Waals surface area contributed by atoms with Crippen molar-refractivity contribution in [2.45, 2.75) is 6.92 Å². The Morgan fingerprint density at radius 1 is 1.42 bits per heavy atom. The van der Waals surface area contributed by atoms with Crippen LogP contribution in [-0.2, 0) is 0 Å². The number of pyridine rings is 1. The molecule has 1 amide bonds. The molecule has 0 aliphatic heterocycles. The maximum absolute atomic E-state index is 12.6. The van der Waals surface area contributed by atoms with Crippen molar-refractivity contribution in [3.05, 3.63) is 54.4 Å². The molecule has 4 aromatic heterocycles. The topological polar surface area (TPSA) is 101 Å². The second-order valence-electron chi connectivity index (χ2n) is 5.36. The quantitative estimate of drug-likeness (QED) is 0.534. The number of hydrogen-bond donors (Lipinski definition) is 3. The molecule has 4 heterocycles. The third kappa shape index (κ3) is 2.42. The lowest BCUT2D eigenvalue weighted by Gasteiger charge is -2.07. The summed E-state index contributed by atoms with van der Waals surface area (Å²) in [6, 6.07) is 3.67. The van der Waals surface area contributed by atoms with Crippen LogP contribution >= 0.6 is 11.3 Å². The first-order valence-corrected chi connectivity index (χ1v) is 8.07. The molecular formula is C16H14N6OS. The average Bonchev–Trinajstić information content (AvgIpc) is 3.25. The summed E-state index contributed by atoms with van der Waals surface area (Å²) in [4.78, 5) is 21.6. The number of carbonyl (C=O) groups is 1. The highest BCUT2D eigenvalue weighted by Gasteiger charge is 2.17. The fourth-order valence-electron chi connectivity index (χ4n) is 2.42. The summed E-state index contributed by atoms with van der Waals surface area (Å²) in [6.45, 7) is 1.82. The molecule has 0 aliphatic carbocycles. The molecule has 0 bridgehead atoms. The van der Waals surface area contributed by atoms with Gasteiger partial charge in [0.1, 0.15) is 4.83 Å². The number of aromatic amines is 1. The predicted octanol–water partition coefficient (Wildman–Crippen LogP) is 2.93. The van der Waals surface area contributed by atoms with Gasteiger partial charge in [-0.1, -0.05) is 0 Å². The number of aryl methyl sites for hydroxylation is 1. The first kappa shape index (κ1) is 14.5. The Hall–Kier alpha value is -3.13. The molecule has 7 nitrogen and oxygen atoms in total. The van der Waals surface area contributed by atoms with Gasteiger partial charge >= 0.3 is 0 Å². The van der Waals surface area contributed by atoms with Crippen LogP contribution in [0.5, 0.6) is 0 Å². The molecule has 0 spiro atoms. The number of fused-ring (bicyclic) bond motifs is 1. The van der Waals surface area contributed by atoms with Gasteiger partial charge in [-0.2, -0.15) is 5.10 Å². The molecule has 0 atom stereocenters. The number of nitrogens with zero attached hydrogens (tertiary/aromatic N) is 3. The molecule has 4 rings (SSSR count). The van der Waals surface area contributed by atoms with Crippen molar-refractivity contribution in [3.8, 4) is 10.4 Å². The number of H-pyrrole nitrogens is 1. The lowest BCUT2D eigenvalue weighted by Crippen LogP contribution is -2.13. The van der Waals surface area contributed by atoms with Crippen molar-refractivity contribution in [3.63, 3.8) is 0 Å².